The van der Waals surface area contributed by atoms with Gasteiger partial charge < -0.3 is 19.1 Å². The second kappa shape index (κ2) is 10.4. The fourth-order valence-corrected chi connectivity index (χ4v) is 4.02. The van der Waals surface area contributed by atoms with Gasteiger partial charge in [-0.05, 0) is 45.0 Å². The van der Waals surface area contributed by atoms with Gasteiger partial charge >= 0.3 is 11.9 Å². The molecule has 178 valence electrons. The van der Waals surface area contributed by atoms with E-state index in [0.29, 0.717) is 16.9 Å². The normalized spacial score (nSPS) is 19.7. The van der Waals surface area contributed by atoms with Gasteiger partial charge in [-0.15, -0.1) is 0 Å². The highest BCUT2D eigenvalue weighted by Crippen LogP contribution is 2.34. The summed E-state index contributed by atoms with van der Waals surface area (Å²) in [4.78, 5) is 40.4. The summed E-state index contributed by atoms with van der Waals surface area (Å²) in [5, 5.41) is 9.46. The summed E-state index contributed by atoms with van der Waals surface area (Å²) in [6, 6.07) is 16.2. The van der Waals surface area contributed by atoms with E-state index in [1.165, 1.54) is 12.0 Å². The highest BCUT2D eigenvalue weighted by atomic mass is 16.6. The predicted octanol–water partition coefficient (Wildman–Crippen LogP) is 3.35. The molecule has 1 heterocycles. The van der Waals surface area contributed by atoms with Crippen molar-refractivity contribution in [3.8, 4) is 11.8 Å². The molecular weight excluding hydrogens is 436 g/mol. The average molecular weight is 465 g/mol. The molecule has 0 saturated carbocycles. The zero-order chi connectivity index (χ0) is 24.9. The Hall–Kier alpha value is -3.86. The van der Waals surface area contributed by atoms with Crippen LogP contribution in [0.25, 0.3) is 0 Å². The number of esters is 2. The van der Waals surface area contributed by atoms with Gasteiger partial charge in [-0.3, -0.25) is 9.59 Å². The Kier molecular flexibility index (Phi) is 7.57. The first-order valence-electron chi connectivity index (χ1n) is 11.0. The first-order chi connectivity index (χ1) is 16.1. The number of likely N-dealkylation sites (tertiary alicyclic amines) is 1. The number of amides is 1. The average Bonchev–Trinajstić information content (AvgIpc) is 3.15. The third kappa shape index (κ3) is 5.73. The van der Waals surface area contributed by atoms with E-state index in [4.69, 9.17) is 14.2 Å². The first-order valence-corrected chi connectivity index (χ1v) is 11.0. The molecule has 0 aliphatic carbocycles. The van der Waals surface area contributed by atoms with Crippen molar-refractivity contribution in [3.63, 3.8) is 0 Å². The number of carbonyl (C=O) groups excluding carboxylic acids is 3. The van der Waals surface area contributed by atoms with E-state index in [0.717, 1.165) is 0 Å². The molecule has 8 nitrogen and oxygen atoms in total. The maximum Gasteiger partial charge on any atom is 0.329 e. The van der Waals surface area contributed by atoms with E-state index in [1.54, 1.807) is 75.4 Å². The number of hydrogen-bond donors (Lipinski definition) is 0. The van der Waals surface area contributed by atoms with Crippen molar-refractivity contribution in [1.29, 1.82) is 5.26 Å². The van der Waals surface area contributed by atoms with E-state index in [2.05, 4.69) is 6.07 Å². The van der Waals surface area contributed by atoms with Crippen LogP contribution in [0.2, 0.25) is 0 Å². The molecule has 1 aliphatic rings. The lowest BCUT2D eigenvalue weighted by atomic mass is 9.93. The molecule has 1 amide bonds. The molecule has 0 radical (unpaired) electrons. The van der Waals surface area contributed by atoms with E-state index in [-0.39, 0.29) is 18.9 Å². The van der Waals surface area contributed by atoms with Gasteiger partial charge in [-0.25, -0.2) is 4.79 Å². The van der Waals surface area contributed by atoms with Crippen LogP contribution in [0.3, 0.4) is 0 Å². The number of nitrogens with zero attached hydrogens (tertiary/aromatic N) is 2. The summed E-state index contributed by atoms with van der Waals surface area (Å²) in [7, 11) is 1.23. The summed E-state index contributed by atoms with van der Waals surface area (Å²) >= 11 is 0. The standard InChI is InChI=1S/C26H28N2O6/c1-26(2,3)34-22(29)14-19-21(33-20-13-9-8-12-18(20)15-27)16-28(23(19)25(31)32-4)24(30)17-10-6-5-7-11-17/h5-13,19,21,23H,14,16H2,1-4H3/t19-,21+,23-/m0/s1. The minimum atomic E-state index is -1.07. The fraction of sp³-hybridized carbons (Fsp3) is 0.385. The van der Waals surface area contributed by atoms with Gasteiger partial charge in [0, 0.05) is 11.5 Å². The number of methoxy groups -OCH3 is 1. The van der Waals surface area contributed by atoms with E-state index >= 15 is 0 Å². The summed E-state index contributed by atoms with van der Waals surface area (Å²) in [5.74, 6) is -2.01. The topological polar surface area (TPSA) is 106 Å². The van der Waals surface area contributed by atoms with Crippen LogP contribution in [0.1, 0.15) is 43.1 Å². The zero-order valence-electron chi connectivity index (χ0n) is 19.7. The van der Waals surface area contributed by atoms with Gasteiger partial charge in [-0.1, -0.05) is 30.3 Å². The van der Waals surface area contributed by atoms with Crippen LogP contribution in [0.15, 0.2) is 54.6 Å². The van der Waals surface area contributed by atoms with Crippen LogP contribution in [0.5, 0.6) is 5.75 Å². The molecule has 0 aromatic heterocycles. The second-order valence-electron chi connectivity index (χ2n) is 9.01. The molecule has 0 spiro atoms. The Labute approximate surface area is 199 Å². The van der Waals surface area contributed by atoms with Crippen molar-refractivity contribution >= 4 is 17.8 Å². The molecule has 3 atom stereocenters. The van der Waals surface area contributed by atoms with Gasteiger partial charge in [0.2, 0.25) is 0 Å². The van der Waals surface area contributed by atoms with Crippen LogP contribution in [0.4, 0.5) is 0 Å². The summed E-state index contributed by atoms with van der Waals surface area (Å²) in [6.45, 7) is 5.28. The highest BCUT2D eigenvalue weighted by molar-refractivity contribution is 5.97. The summed E-state index contributed by atoms with van der Waals surface area (Å²) in [6.07, 6.45) is -0.923. The molecule has 3 rings (SSSR count). The van der Waals surface area contributed by atoms with Crippen LogP contribution in [-0.2, 0) is 19.1 Å². The molecule has 1 fully saturated rings. The molecule has 2 aromatic carbocycles. The highest BCUT2D eigenvalue weighted by Gasteiger charge is 2.51. The monoisotopic (exact) mass is 464 g/mol. The molecule has 8 heteroatoms. The maximum atomic E-state index is 13.4. The Morgan fingerprint density at radius 1 is 1.06 bits per heavy atom. The Balaban J connectivity index is 2.00. The maximum absolute atomic E-state index is 13.4. The molecule has 0 unspecified atom stereocenters. The molecule has 0 N–H and O–H groups in total. The predicted molar refractivity (Wildman–Crippen MR) is 123 cm³/mol. The molecule has 0 bridgehead atoms. The molecule has 2 aromatic rings. The Morgan fingerprint density at radius 2 is 1.71 bits per heavy atom. The number of carbonyl (C=O) groups is 3. The van der Waals surface area contributed by atoms with Gasteiger partial charge in [-0.2, -0.15) is 5.26 Å². The Bertz CT molecular complexity index is 1090. The van der Waals surface area contributed by atoms with E-state index < -0.39 is 35.6 Å². The number of ether oxygens (including phenoxy) is 3. The lowest BCUT2D eigenvalue weighted by Gasteiger charge is -2.27. The molecular formula is C26H28N2O6. The van der Waals surface area contributed by atoms with Crippen LogP contribution in [-0.4, -0.2) is 54.1 Å². The SMILES string of the molecule is COC(=O)[C@@H]1[C@@H](CC(=O)OC(C)(C)C)[C@H](Oc2ccccc2C#N)CN1C(=O)c1ccccc1. The van der Waals surface area contributed by atoms with Crippen LogP contribution in [0, 0.1) is 17.2 Å². The van der Waals surface area contributed by atoms with E-state index in [1.807, 2.05) is 0 Å². The molecule has 1 aliphatic heterocycles. The summed E-state index contributed by atoms with van der Waals surface area (Å²) in [5.41, 5.74) is -0.0220. The quantitative estimate of drug-likeness (QED) is 0.604. The second-order valence-corrected chi connectivity index (χ2v) is 9.01. The van der Waals surface area contributed by atoms with Gasteiger partial charge in [0.1, 0.15) is 29.6 Å². The number of nitriles is 1. The molecule has 1 saturated heterocycles. The van der Waals surface area contributed by atoms with Gasteiger partial charge in [0.15, 0.2) is 0 Å². The van der Waals surface area contributed by atoms with Crippen molar-refractivity contribution in [2.75, 3.05) is 13.7 Å². The third-order valence-corrected chi connectivity index (χ3v) is 5.43. The zero-order valence-corrected chi connectivity index (χ0v) is 19.7. The lowest BCUT2D eigenvalue weighted by molar-refractivity contribution is -0.157. The van der Waals surface area contributed by atoms with E-state index in [9.17, 15) is 19.6 Å². The number of benzene rings is 2. The Morgan fingerprint density at radius 3 is 2.32 bits per heavy atom. The van der Waals surface area contributed by atoms with Gasteiger partial charge in [0.25, 0.3) is 5.91 Å². The molecule has 34 heavy (non-hydrogen) atoms. The largest absolute Gasteiger partial charge is 0.487 e. The van der Waals surface area contributed by atoms with Crippen molar-refractivity contribution in [3.05, 3.63) is 65.7 Å². The minimum Gasteiger partial charge on any atom is -0.487 e. The van der Waals surface area contributed by atoms with Crippen molar-refractivity contribution < 1.29 is 28.6 Å². The number of hydrogen-bond acceptors (Lipinski definition) is 7. The first kappa shape index (κ1) is 24.8. The van der Waals surface area contributed by atoms with Crippen molar-refractivity contribution in [2.24, 2.45) is 5.92 Å². The van der Waals surface area contributed by atoms with Crippen molar-refractivity contribution in [1.82, 2.24) is 4.90 Å². The van der Waals surface area contributed by atoms with Crippen molar-refractivity contribution in [2.45, 2.75) is 44.9 Å². The fourth-order valence-electron chi connectivity index (χ4n) is 4.02. The smallest absolute Gasteiger partial charge is 0.329 e. The minimum absolute atomic E-state index is 0.0285. The van der Waals surface area contributed by atoms with Crippen LogP contribution >= 0.6 is 0 Å². The number of rotatable bonds is 6. The number of para-hydroxylation sites is 1. The van der Waals surface area contributed by atoms with Gasteiger partial charge in [0.05, 0.1) is 25.6 Å². The summed E-state index contributed by atoms with van der Waals surface area (Å²) < 4.78 is 16.6. The third-order valence-electron chi connectivity index (χ3n) is 5.43. The van der Waals surface area contributed by atoms with Crippen LogP contribution < -0.4 is 4.74 Å². The lowest BCUT2D eigenvalue weighted by Crippen LogP contribution is -2.44.